The summed E-state index contributed by atoms with van der Waals surface area (Å²) in [5.41, 5.74) is 4.30. The SMILES string of the molecule is Cc1ccccc1NS(=O)(=O)c1cc(C(=O)N[C@@H](c2ccccc2)c2ccccc2C)ccc1Cl. The molecule has 0 saturated carbocycles. The molecule has 0 saturated heterocycles. The molecule has 0 aliphatic carbocycles. The molecular weight excluding hydrogens is 480 g/mol. The van der Waals surface area contributed by atoms with E-state index in [1.807, 2.05) is 67.6 Å². The van der Waals surface area contributed by atoms with E-state index in [2.05, 4.69) is 10.0 Å². The van der Waals surface area contributed by atoms with Crippen molar-refractivity contribution in [3.63, 3.8) is 0 Å². The Labute approximate surface area is 210 Å². The maximum absolute atomic E-state index is 13.3. The van der Waals surface area contributed by atoms with Crippen molar-refractivity contribution < 1.29 is 13.2 Å². The molecule has 7 heteroatoms. The molecule has 178 valence electrons. The van der Waals surface area contributed by atoms with Gasteiger partial charge < -0.3 is 5.32 Å². The van der Waals surface area contributed by atoms with E-state index in [0.29, 0.717) is 5.69 Å². The van der Waals surface area contributed by atoms with Gasteiger partial charge in [0.15, 0.2) is 0 Å². The van der Waals surface area contributed by atoms with Crippen molar-refractivity contribution in [2.75, 3.05) is 4.72 Å². The number of nitrogens with one attached hydrogen (secondary N) is 2. The van der Waals surface area contributed by atoms with E-state index in [9.17, 15) is 13.2 Å². The molecule has 0 aliphatic heterocycles. The molecule has 1 amide bonds. The Balaban J connectivity index is 1.67. The molecule has 1 atom stereocenters. The molecule has 0 aliphatic rings. The maximum Gasteiger partial charge on any atom is 0.263 e. The fourth-order valence-corrected chi connectivity index (χ4v) is 5.51. The van der Waals surface area contributed by atoms with E-state index in [0.717, 1.165) is 22.3 Å². The van der Waals surface area contributed by atoms with Crippen LogP contribution in [0.2, 0.25) is 5.02 Å². The monoisotopic (exact) mass is 504 g/mol. The lowest BCUT2D eigenvalue weighted by atomic mass is 9.94. The summed E-state index contributed by atoms with van der Waals surface area (Å²) in [5, 5.41) is 3.10. The van der Waals surface area contributed by atoms with Crippen molar-refractivity contribution in [1.82, 2.24) is 5.32 Å². The standard InChI is InChI=1S/C28H25ClN2O3S/c1-19-10-6-8-14-23(19)27(21-12-4-3-5-13-21)30-28(32)22-16-17-24(29)26(18-22)35(33,34)31-25-15-9-7-11-20(25)2/h3-18,27,31H,1-2H3,(H,30,32)/t27-/m0/s1. The van der Waals surface area contributed by atoms with Crippen molar-refractivity contribution >= 4 is 33.2 Å². The quantitative estimate of drug-likeness (QED) is 0.311. The number of halogens is 1. The second-order valence-electron chi connectivity index (χ2n) is 8.24. The van der Waals surface area contributed by atoms with Gasteiger partial charge in [0.25, 0.3) is 15.9 Å². The lowest BCUT2D eigenvalue weighted by molar-refractivity contribution is 0.0942. The number of para-hydroxylation sites is 1. The van der Waals surface area contributed by atoms with Crippen molar-refractivity contribution in [3.8, 4) is 0 Å². The summed E-state index contributed by atoms with van der Waals surface area (Å²) in [4.78, 5) is 13.2. The summed E-state index contributed by atoms with van der Waals surface area (Å²) in [6, 6.07) is 28.3. The molecule has 0 heterocycles. The number of rotatable bonds is 7. The van der Waals surface area contributed by atoms with E-state index in [1.165, 1.54) is 18.2 Å². The minimum atomic E-state index is -4.02. The average Bonchev–Trinajstić information content (AvgIpc) is 2.85. The molecule has 2 N–H and O–H groups in total. The van der Waals surface area contributed by atoms with Crippen LogP contribution >= 0.6 is 11.6 Å². The number of carbonyl (C=O) groups excluding carboxylic acids is 1. The van der Waals surface area contributed by atoms with Gasteiger partial charge in [0.2, 0.25) is 0 Å². The fraction of sp³-hybridized carbons (Fsp3) is 0.107. The molecular formula is C28H25ClN2O3S. The summed E-state index contributed by atoms with van der Waals surface area (Å²) >= 11 is 6.26. The predicted molar refractivity (Wildman–Crippen MR) is 140 cm³/mol. The Morgan fingerprint density at radius 3 is 2.11 bits per heavy atom. The Bertz CT molecular complexity index is 1470. The smallest absolute Gasteiger partial charge is 0.263 e. The number of amides is 1. The number of sulfonamides is 1. The number of hydrogen-bond donors (Lipinski definition) is 2. The lowest BCUT2D eigenvalue weighted by Crippen LogP contribution is -2.30. The van der Waals surface area contributed by atoms with E-state index in [4.69, 9.17) is 11.6 Å². The first-order chi connectivity index (χ1) is 16.8. The highest BCUT2D eigenvalue weighted by atomic mass is 35.5. The Kier molecular flexibility index (Phi) is 7.24. The van der Waals surface area contributed by atoms with Crippen LogP contribution in [0, 0.1) is 13.8 Å². The summed E-state index contributed by atoms with van der Waals surface area (Å²) in [5.74, 6) is -0.411. The molecule has 5 nitrogen and oxygen atoms in total. The van der Waals surface area contributed by atoms with E-state index < -0.39 is 22.0 Å². The number of hydrogen-bond acceptors (Lipinski definition) is 3. The van der Waals surface area contributed by atoms with E-state index in [-0.39, 0.29) is 15.5 Å². The molecule has 0 radical (unpaired) electrons. The van der Waals surface area contributed by atoms with Crippen LogP contribution in [0.15, 0.2) is 102 Å². The van der Waals surface area contributed by atoms with Crippen LogP contribution in [-0.2, 0) is 10.0 Å². The zero-order valence-electron chi connectivity index (χ0n) is 19.3. The van der Waals surface area contributed by atoms with Crippen LogP contribution in [0.4, 0.5) is 5.69 Å². The number of aryl methyl sites for hydroxylation is 2. The van der Waals surface area contributed by atoms with Gasteiger partial charge in [-0.2, -0.15) is 0 Å². The minimum absolute atomic E-state index is 0.0288. The summed E-state index contributed by atoms with van der Waals surface area (Å²) < 4.78 is 28.8. The number of carbonyl (C=O) groups is 1. The summed E-state index contributed by atoms with van der Waals surface area (Å²) in [7, 11) is -4.02. The van der Waals surface area contributed by atoms with Crippen LogP contribution in [-0.4, -0.2) is 14.3 Å². The van der Waals surface area contributed by atoms with Crippen molar-refractivity contribution in [3.05, 3.63) is 130 Å². The second-order valence-corrected chi connectivity index (χ2v) is 10.3. The third kappa shape index (κ3) is 5.56. The molecule has 4 aromatic rings. The van der Waals surface area contributed by atoms with Gasteiger partial charge in [-0.1, -0.05) is 84.4 Å². The summed E-state index contributed by atoms with van der Waals surface area (Å²) in [6.45, 7) is 3.79. The van der Waals surface area contributed by atoms with Crippen LogP contribution in [0.3, 0.4) is 0 Å². The Morgan fingerprint density at radius 2 is 1.43 bits per heavy atom. The van der Waals surface area contributed by atoms with Gasteiger partial charge in [0, 0.05) is 5.56 Å². The fourth-order valence-electron chi connectivity index (χ4n) is 3.85. The molecule has 0 fully saturated rings. The van der Waals surface area contributed by atoms with Gasteiger partial charge >= 0.3 is 0 Å². The van der Waals surface area contributed by atoms with Crippen molar-refractivity contribution in [2.24, 2.45) is 0 Å². The topological polar surface area (TPSA) is 75.3 Å². The molecule has 0 unspecified atom stereocenters. The Hall–Kier alpha value is -3.61. The third-order valence-corrected chi connectivity index (χ3v) is 7.63. The van der Waals surface area contributed by atoms with Gasteiger partial charge in [-0.05, 0) is 60.4 Å². The highest BCUT2D eigenvalue weighted by Gasteiger charge is 2.23. The molecule has 0 spiro atoms. The zero-order chi connectivity index (χ0) is 25.0. The first-order valence-corrected chi connectivity index (χ1v) is 12.9. The van der Waals surface area contributed by atoms with E-state index >= 15 is 0 Å². The van der Waals surface area contributed by atoms with Crippen molar-refractivity contribution in [2.45, 2.75) is 24.8 Å². The summed E-state index contributed by atoms with van der Waals surface area (Å²) in [6.07, 6.45) is 0. The molecule has 4 rings (SSSR count). The van der Waals surface area contributed by atoms with Gasteiger partial charge in [-0.15, -0.1) is 0 Å². The van der Waals surface area contributed by atoms with Crippen molar-refractivity contribution in [1.29, 1.82) is 0 Å². The number of benzene rings is 4. The molecule has 0 aromatic heterocycles. The first kappa shape index (κ1) is 24.5. The van der Waals surface area contributed by atoms with Gasteiger partial charge in [-0.25, -0.2) is 8.42 Å². The predicted octanol–water partition coefficient (Wildman–Crippen LogP) is 6.28. The van der Waals surface area contributed by atoms with Gasteiger partial charge in [-0.3, -0.25) is 9.52 Å². The third-order valence-electron chi connectivity index (χ3n) is 5.78. The highest BCUT2D eigenvalue weighted by molar-refractivity contribution is 7.92. The number of anilines is 1. The van der Waals surface area contributed by atoms with Crippen LogP contribution in [0.25, 0.3) is 0 Å². The first-order valence-electron chi connectivity index (χ1n) is 11.1. The van der Waals surface area contributed by atoms with Crippen LogP contribution in [0.5, 0.6) is 0 Å². The molecule has 4 aromatic carbocycles. The van der Waals surface area contributed by atoms with Gasteiger partial charge in [0.1, 0.15) is 4.90 Å². The minimum Gasteiger partial charge on any atom is -0.341 e. The maximum atomic E-state index is 13.3. The molecule has 35 heavy (non-hydrogen) atoms. The van der Waals surface area contributed by atoms with Gasteiger partial charge in [0.05, 0.1) is 16.8 Å². The van der Waals surface area contributed by atoms with E-state index in [1.54, 1.807) is 25.1 Å². The lowest BCUT2D eigenvalue weighted by Gasteiger charge is -2.22. The second kappa shape index (κ2) is 10.3. The average molecular weight is 505 g/mol. The molecule has 0 bridgehead atoms. The van der Waals surface area contributed by atoms with Crippen LogP contribution < -0.4 is 10.0 Å². The largest absolute Gasteiger partial charge is 0.341 e. The zero-order valence-corrected chi connectivity index (χ0v) is 20.9. The highest BCUT2D eigenvalue weighted by Crippen LogP contribution is 2.28. The Morgan fingerprint density at radius 1 is 0.800 bits per heavy atom. The normalized spacial score (nSPS) is 12.1. The van der Waals surface area contributed by atoms with Crippen LogP contribution in [0.1, 0.15) is 38.7 Å².